The van der Waals surface area contributed by atoms with Gasteiger partial charge in [0.2, 0.25) is 5.91 Å². The largest absolute Gasteiger partial charge is 0.342 e. The van der Waals surface area contributed by atoms with Crippen LogP contribution in [-0.4, -0.2) is 61.5 Å². The van der Waals surface area contributed by atoms with Gasteiger partial charge in [0, 0.05) is 26.2 Å². The molecule has 3 fully saturated rings. The highest BCUT2D eigenvalue weighted by Gasteiger charge is 2.37. The zero-order valence-corrected chi connectivity index (χ0v) is 9.82. The van der Waals surface area contributed by atoms with Gasteiger partial charge in [-0.05, 0) is 37.8 Å². The zero-order valence-electron chi connectivity index (χ0n) is 9.82. The van der Waals surface area contributed by atoms with Crippen LogP contribution in [0.2, 0.25) is 0 Å². The quantitative estimate of drug-likeness (QED) is 0.702. The van der Waals surface area contributed by atoms with Crippen LogP contribution in [0, 0.1) is 11.8 Å². The Balaban J connectivity index is 1.50. The van der Waals surface area contributed by atoms with Gasteiger partial charge in [-0.15, -0.1) is 0 Å². The van der Waals surface area contributed by atoms with Gasteiger partial charge in [-0.25, -0.2) is 0 Å². The minimum atomic E-state index is 0.352. The molecule has 0 spiro atoms. The summed E-state index contributed by atoms with van der Waals surface area (Å²) < 4.78 is 0. The van der Waals surface area contributed by atoms with E-state index in [4.69, 9.17) is 0 Å². The van der Waals surface area contributed by atoms with Crippen LogP contribution >= 0.6 is 0 Å². The normalized spacial score (nSPS) is 34.6. The third kappa shape index (κ3) is 1.96. The van der Waals surface area contributed by atoms with E-state index < -0.39 is 0 Å². The second-order valence-electron chi connectivity index (χ2n) is 5.46. The highest BCUT2D eigenvalue weighted by atomic mass is 16.2. The van der Waals surface area contributed by atoms with Gasteiger partial charge in [0.15, 0.2) is 0 Å². The molecule has 4 heteroatoms. The Hall–Kier alpha value is -0.610. The van der Waals surface area contributed by atoms with Crippen molar-refractivity contribution in [1.82, 2.24) is 15.1 Å². The molecule has 0 aromatic heterocycles. The van der Waals surface area contributed by atoms with Crippen molar-refractivity contribution in [2.75, 3.05) is 45.8 Å². The van der Waals surface area contributed by atoms with Crippen LogP contribution < -0.4 is 5.32 Å². The number of nitrogens with one attached hydrogen (secondary N) is 1. The average Bonchev–Trinajstić information content (AvgIpc) is 2.91. The van der Waals surface area contributed by atoms with Gasteiger partial charge >= 0.3 is 0 Å². The lowest BCUT2D eigenvalue weighted by Gasteiger charge is -2.21. The van der Waals surface area contributed by atoms with Crippen LogP contribution in [0.1, 0.15) is 12.8 Å². The van der Waals surface area contributed by atoms with Gasteiger partial charge in [-0.3, -0.25) is 9.69 Å². The first-order chi connectivity index (χ1) is 7.83. The van der Waals surface area contributed by atoms with E-state index in [2.05, 4.69) is 10.2 Å². The van der Waals surface area contributed by atoms with Gasteiger partial charge in [0.25, 0.3) is 0 Å². The molecule has 3 saturated heterocycles. The molecule has 0 aromatic rings. The maximum absolute atomic E-state index is 12.0. The highest BCUT2D eigenvalue weighted by molar-refractivity contribution is 5.78. The van der Waals surface area contributed by atoms with Gasteiger partial charge in [0.1, 0.15) is 0 Å². The van der Waals surface area contributed by atoms with Crippen molar-refractivity contribution in [3.63, 3.8) is 0 Å². The van der Waals surface area contributed by atoms with E-state index in [9.17, 15) is 4.79 Å². The zero-order chi connectivity index (χ0) is 11.0. The Morgan fingerprint density at radius 1 is 1.12 bits per heavy atom. The number of likely N-dealkylation sites (tertiary alicyclic amines) is 2. The summed E-state index contributed by atoms with van der Waals surface area (Å²) in [5, 5.41) is 3.43. The molecule has 0 radical (unpaired) electrons. The predicted molar refractivity (Wildman–Crippen MR) is 62.1 cm³/mol. The molecule has 3 aliphatic rings. The van der Waals surface area contributed by atoms with Crippen molar-refractivity contribution in [2.45, 2.75) is 12.8 Å². The number of carbonyl (C=O) groups is 1. The number of rotatable bonds is 2. The number of amides is 1. The van der Waals surface area contributed by atoms with Crippen LogP contribution in [0.5, 0.6) is 0 Å². The maximum Gasteiger partial charge on any atom is 0.236 e. The standard InChI is InChI=1S/C12H21N3O/c16-12(15-3-1-2-4-15)9-14-7-10-5-13-6-11(10)8-14/h10-11,13H,1-9H2/t10-,11+. The molecule has 0 bridgehead atoms. The van der Waals surface area contributed by atoms with Crippen LogP contribution in [0.4, 0.5) is 0 Å². The molecule has 2 atom stereocenters. The summed E-state index contributed by atoms with van der Waals surface area (Å²) in [6.07, 6.45) is 2.39. The Morgan fingerprint density at radius 2 is 1.75 bits per heavy atom. The molecule has 0 saturated carbocycles. The number of hydrogen-bond acceptors (Lipinski definition) is 3. The maximum atomic E-state index is 12.0. The monoisotopic (exact) mass is 223 g/mol. The topological polar surface area (TPSA) is 35.6 Å². The van der Waals surface area contributed by atoms with E-state index in [1.807, 2.05) is 4.90 Å². The summed E-state index contributed by atoms with van der Waals surface area (Å²) in [5.41, 5.74) is 0. The van der Waals surface area contributed by atoms with Gasteiger partial charge in [-0.2, -0.15) is 0 Å². The third-order valence-corrected chi connectivity index (χ3v) is 4.28. The summed E-state index contributed by atoms with van der Waals surface area (Å²) in [4.78, 5) is 16.4. The lowest BCUT2D eigenvalue weighted by molar-refractivity contribution is -0.131. The summed E-state index contributed by atoms with van der Waals surface area (Å²) in [6, 6.07) is 0. The lowest BCUT2D eigenvalue weighted by Crippen LogP contribution is -2.39. The molecule has 4 nitrogen and oxygen atoms in total. The number of nitrogens with zero attached hydrogens (tertiary/aromatic N) is 2. The van der Waals surface area contributed by atoms with Gasteiger partial charge < -0.3 is 10.2 Å². The van der Waals surface area contributed by atoms with E-state index in [1.165, 1.54) is 12.8 Å². The first kappa shape index (κ1) is 10.5. The average molecular weight is 223 g/mol. The minimum Gasteiger partial charge on any atom is -0.342 e. The van der Waals surface area contributed by atoms with E-state index in [1.54, 1.807) is 0 Å². The Kier molecular flexibility index (Phi) is 2.86. The van der Waals surface area contributed by atoms with E-state index in [-0.39, 0.29) is 0 Å². The fourth-order valence-corrected chi connectivity index (χ4v) is 3.34. The number of hydrogen-bond donors (Lipinski definition) is 1. The molecular weight excluding hydrogens is 202 g/mol. The summed E-state index contributed by atoms with van der Waals surface area (Å²) >= 11 is 0. The first-order valence-corrected chi connectivity index (χ1v) is 6.54. The van der Waals surface area contributed by atoms with Crippen molar-refractivity contribution in [3.8, 4) is 0 Å². The Labute approximate surface area is 97.0 Å². The number of carbonyl (C=O) groups excluding carboxylic acids is 1. The predicted octanol–water partition coefficient (Wildman–Crippen LogP) is -0.240. The minimum absolute atomic E-state index is 0.352. The van der Waals surface area contributed by atoms with Crippen molar-refractivity contribution in [2.24, 2.45) is 11.8 Å². The smallest absolute Gasteiger partial charge is 0.236 e. The summed E-state index contributed by atoms with van der Waals surface area (Å²) in [6.45, 7) is 7.18. The lowest BCUT2D eigenvalue weighted by atomic mass is 10.0. The van der Waals surface area contributed by atoms with Crippen molar-refractivity contribution in [1.29, 1.82) is 0 Å². The number of fused-ring (bicyclic) bond motifs is 1. The van der Waals surface area contributed by atoms with E-state index >= 15 is 0 Å². The molecule has 3 heterocycles. The van der Waals surface area contributed by atoms with Crippen LogP contribution in [-0.2, 0) is 4.79 Å². The van der Waals surface area contributed by atoms with Crippen LogP contribution in [0.25, 0.3) is 0 Å². The SMILES string of the molecule is O=C(CN1C[C@H]2CNC[C@H]2C1)N1CCCC1. The fourth-order valence-electron chi connectivity index (χ4n) is 3.34. The summed E-state index contributed by atoms with van der Waals surface area (Å²) in [7, 11) is 0. The van der Waals surface area contributed by atoms with Gasteiger partial charge in [-0.1, -0.05) is 0 Å². The second kappa shape index (κ2) is 4.34. The van der Waals surface area contributed by atoms with Crippen LogP contribution in [0.15, 0.2) is 0 Å². The van der Waals surface area contributed by atoms with Crippen molar-refractivity contribution < 1.29 is 4.79 Å². The summed E-state index contributed by atoms with van der Waals surface area (Å²) in [5.74, 6) is 1.95. The Morgan fingerprint density at radius 3 is 2.38 bits per heavy atom. The van der Waals surface area contributed by atoms with E-state index in [0.29, 0.717) is 12.5 Å². The first-order valence-electron chi connectivity index (χ1n) is 6.54. The molecule has 3 rings (SSSR count). The molecule has 1 N–H and O–H groups in total. The molecular formula is C12H21N3O. The molecule has 16 heavy (non-hydrogen) atoms. The van der Waals surface area contributed by atoms with Gasteiger partial charge in [0.05, 0.1) is 6.54 Å². The second-order valence-corrected chi connectivity index (χ2v) is 5.46. The molecule has 0 aromatic carbocycles. The molecule has 1 amide bonds. The van der Waals surface area contributed by atoms with E-state index in [0.717, 1.165) is 51.1 Å². The highest BCUT2D eigenvalue weighted by Crippen LogP contribution is 2.26. The van der Waals surface area contributed by atoms with Crippen molar-refractivity contribution >= 4 is 5.91 Å². The molecule has 0 aliphatic carbocycles. The van der Waals surface area contributed by atoms with Crippen molar-refractivity contribution in [3.05, 3.63) is 0 Å². The molecule has 90 valence electrons. The third-order valence-electron chi connectivity index (χ3n) is 4.28. The molecule has 3 aliphatic heterocycles. The molecule has 0 unspecified atom stereocenters. The fraction of sp³-hybridized carbons (Fsp3) is 0.917. The Bertz CT molecular complexity index is 263. The van der Waals surface area contributed by atoms with Crippen LogP contribution in [0.3, 0.4) is 0 Å².